The molecule has 0 aromatic heterocycles. The number of carboxylic acids is 1. The van der Waals surface area contributed by atoms with Gasteiger partial charge in [0, 0.05) is 60.9 Å². The number of carbonyl (C=O) groups is 4. The van der Waals surface area contributed by atoms with Crippen molar-refractivity contribution in [3.05, 3.63) is 52.0 Å². The van der Waals surface area contributed by atoms with Crippen LogP contribution >= 0.6 is 0 Å². The fraction of sp³-hybridized carbons (Fsp3) is 0.533. The predicted molar refractivity (Wildman–Crippen MR) is 158 cm³/mol. The summed E-state index contributed by atoms with van der Waals surface area (Å²) in [6.45, 7) is 2.89. The quantitative estimate of drug-likeness (QED) is 0.122. The number of aliphatic hydroxyl groups is 5. The Morgan fingerprint density at radius 1 is 1.09 bits per heavy atom. The molecular weight excluding hydrogens is 620 g/mol. The van der Waals surface area contributed by atoms with Crippen LogP contribution in [0.3, 0.4) is 0 Å². The van der Waals surface area contributed by atoms with Gasteiger partial charge < -0.3 is 41.1 Å². The van der Waals surface area contributed by atoms with Crippen LogP contribution in [0.25, 0.3) is 0 Å². The van der Waals surface area contributed by atoms with Gasteiger partial charge in [0.2, 0.25) is 5.78 Å². The normalized spacial score (nSPS) is 30.1. The molecule has 5 rings (SSSR count). The average molecular weight is 659 g/mol. The van der Waals surface area contributed by atoms with Crippen molar-refractivity contribution in [2.45, 2.75) is 36.8 Å². The number of phenolic OH excluding ortho intramolecular Hbond substituents is 1. The molecule has 0 spiro atoms. The number of nitrogens with one attached hydrogen (secondary N) is 1. The van der Waals surface area contributed by atoms with Crippen molar-refractivity contribution >= 4 is 23.4 Å². The molecule has 1 aliphatic heterocycles. The second-order valence-electron chi connectivity index (χ2n) is 12.4. The minimum atomic E-state index is -2.93. The zero-order chi connectivity index (χ0) is 35.2. The number of carbonyl (C=O) groups excluding carboxylic acids is 3. The molecule has 254 valence electrons. The molecule has 17 heteroatoms. The first-order valence-corrected chi connectivity index (χ1v) is 14.8. The van der Waals surface area contributed by atoms with E-state index in [2.05, 4.69) is 5.32 Å². The van der Waals surface area contributed by atoms with E-state index < -0.39 is 87.1 Å². The molecule has 17 nitrogen and oxygen atoms in total. The molecule has 1 fully saturated rings. The van der Waals surface area contributed by atoms with Crippen LogP contribution < -0.4 is 5.32 Å². The first kappa shape index (κ1) is 35.4. The fourth-order valence-electron chi connectivity index (χ4n) is 7.38. The number of aliphatic carboxylic acids is 1. The Hall–Kier alpha value is -4.44. The summed E-state index contributed by atoms with van der Waals surface area (Å²) in [5.41, 5.74) is -6.51. The third-order valence-electron chi connectivity index (χ3n) is 9.69. The first-order chi connectivity index (χ1) is 22.1. The number of carboxylic acid groups (broad SMARTS) is 1. The monoisotopic (exact) mass is 658 g/mol. The molecule has 47 heavy (non-hydrogen) atoms. The van der Waals surface area contributed by atoms with Crippen molar-refractivity contribution in [1.29, 1.82) is 10.8 Å². The molecule has 0 saturated carbocycles. The van der Waals surface area contributed by atoms with Gasteiger partial charge in [0.1, 0.15) is 22.8 Å². The van der Waals surface area contributed by atoms with Crippen molar-refractivity contribution in [2.24, 2.45) is 11.8 Å². The number of hydrogen-bond donors (Lipinski definition) is 8. The lowest BCUT2D eigenvalue weighted by atomic mass is 9.55. The highest BCUT2D eigenvalue weighted by atomic mass is 16.4. The fourth-order valence-corrected chi connectivity index (χ4v) is 7.38. The molecule has 0 bridgehead atoms. The zero-order valence-electron chi connectivity index (χ0n) is 26.0. The van der Waals surface area contributed by atoms with E-state index in [4.69, 9.17) is 10.8 Å². The minimum absolute atomic E-state index is 0.0772. The molecule has 4 aliphatic rings. The van der Waals surface area contributed by atoms with Crippen LogP contribution in [-0.2, 0) is 20.0 Å². The number of Topliss-reactive ketones (excluding diaryl/α,β-unsaturated/α-hetero) is 2. The average Bonchev–Trinajstić information content (AvgIpc) is 3.01. The van der Waals surface area contributed by atoms with Crippen LogP contribution in [0.4, 0.5) is 0 Å². The van der Waals surface area contributed by atoms with Gasteiger partial charge in [0.25, 0.3) is 5.91 Å². The molecule has 0 radical (unpaired) electrons. The summed E-state index contributed by atoms with van der Waals surface area (Å²) >= 11 is 0. The Morgan fingerprint density at radius 2 is 1.70 bits per heavy atom. The Kier molecular flexibility index (Phi) is 9.79. The van der Waals surface area contributed by atoms with Gasteiger partial charge in [0.05, 0.1) is 23.8 Å². The summed E-state index contributed by atoms with van der Waals surface area (Å²) in [5, 5.41) is 90.6. The lowest BCUT2D eigenvalue weighted by Crippen LogP contribution is -2.66. The number of fused-ring (bicyclic) bond motifs is 3. The number of ketones is 2. The van der Waals surface area contributed by atoms with E-state index in [1.54, 1.807) is 0 Å². The maximum Gasteiger partial charge on any atom is 0.341 e. The van der Waals surface area contributed by atoms with Crippen LogP contribution in [0, 0.1) is 22.6 Å². The number of piperazine rings is 1. The second kappa shape index (κ2) is 13.0. The van der Waals surface area contributed by atoms with Crippen LogP contribution in [-0.4, -0.2) is 145 Å². The summed E-state index contributed by atoms with van der Waals surface area (Å²) < 4.78 is 0. The molecular formula is C30H38N6O11. The Bertz CT molecular complexity index is 1560. The van der Waals surface area contributed by atoms with E-state index in [9.17, 15) is 54.9 Å². The second-order valence-corrected chi connectivity index (χ2v) is 12.4. The third kappa shape index (κ3) is 5.52. The Balaban J connectivity index is 0.00000245. The molecule has 3 aliphatic carbocycles. The number of β-amino-alcohol motifs (C(OH)–C–C–N with tert-alkyl or cyclic N) is 1. The van der Waals surface area contributed by atoms with Gasteiger partial charge in [-0.1, -0.05) is 12.1 Å². The smallest absolute Gasteiger partial charge is 0.341 e. The largest absolute Gasteiger partial charge is 0.510 e. The van der Waals surface area contributed by atoms with E-state index in [-0.39, 0.29) is 37.2 Å². The van der Waals surface area contributed by atoms with Crippen LogP contribution in [0.2, 0.25) is 0 Å². The summed E-state index contributed by atoms with van der Waals surface area (Å²) in [5.74, 6) is -10.0. The van der Waals surface area contributed by atoms with Crippen molar-refractivity contribution in [2.75, 3.05) is 53.4 Å². The maximum atomic E-state index is 14.1. The number of rotatable bonds is 7. The summed E-state index contributed by atoms with van der Waals surface area (Å²) in [6.07, 6.45) is -1.92. The Morgan fingerprint density at radius 3 is 2.26 bits per heavy atom. The first-order valence-electron chi connectivity index (χ1n) is 14.8. The summed E-state index contributed by atoms with van der Waals surface area (Å²) in [4.78, 5) is 58.4. The molecule has 1 aromatic rings. The number of phenols is 1. The van der Waals surface area contributed by atoms with E-state index in [0.717, 1.165) is 0 Å². The lowest BCUT2D eigenvalue weighted by molar-refractivity contribution is -0.154. The highest BCUT2D eigenvalue weighted by Gasteiger charge is 2.65. The number of aliphatic hydroxyl groups excluding tert-OH is 3. The van der Waals surface area contributed by atoms with E-state index in [1.807, 2.05) is 4.90 Å². The van der Waals surface area contributed by atoms with Gasteiger partial charge in [-0.05, 0) is 39.1 Å². The van der Waals surface area contributed by atoms with E-state index >= 15 is 0 Å². The standard InChI is InChI=1S/C30H38N4O11.N2/c1-29(44)14-5-4-6-17(36)18(14)22(37)19-15(29)13-16-21(32(2)3)23(38)20(25(40)30(16,45)24(19)39)27(41)31-26(28(42)43)34-9-7-33(8-10-34)11-12-35;1-2/h4-6,15-16,21,26,35-36,38-39,44-45H,7-13H2,1-3H3,(H,31,41)(H,42,43);/t15-,16+,21-,26-,29+,30-;/m0./s1. The highest BCUT2D eigenvalue weighted by Crippen LogP contribution is 2.56. The topological polar surface area (TPSA) is 279 Å². The Labute approximate surface area is 269 Å². The molecule has 1 amide bonds. The number of amides is 1. The molecule has 0 unspecified atom stereocenters. The van der Waals surface area contributed by atoms with Crippen LogP contribution in [0.1, 0.15) is 29.3 Å². The van der Waals surface area contributed by atoms with Crippen molar-refractivity contribution < 1.29 is 54.9 Å². The molecule has 6 atom stereocenters. The van der Waals surface area contributed by atoms with Crippen LogP contribution in [0.5, 0.6) is 5.75 Å². The number of benzene rings is 1. The SMILES string of the molecule is CN(C)[C@@H]1C(O)=C(C(=O)N[C@H](C(=O)O)N2CCN(CCO)CC2)C(=O)[C@@]2(O)C(O)=C3C(=O)c4c(O)cccc4[C@@](C)(O)[C@H]3C[C@H]12.N#N. The van der Waals surface area contributed by atoms with E-state index in [1.165, 1.54) is 49.0 Å². The lowest BCUT2D eigenvalue weighted by Gasteiger charge is -2.52. The minimum Gasteiger partial charge on any atom is -0.510 e. The zero-order valence-corrected chi connectivity index (χ0v) is 26.0. The van der Waals surface area contributed by atoms with Crippen LogP contribution in [0.15, 0.2) is 40.9 Å². The third-order valence-corrected chi connectivity index (χ3v) is 9.69. The van der Waals surface area contributed by atoms with Gasteiger partial charge in [-0.15, -0.1) is 0 Å². The molecule has 8 N–H and O–H groups in total. The summed E-state index contributed by atoms with van der Waals surface area (Å²) in [6, 6.07) is 2.81. The number of hydrogen-bond acceptors (Lipinski definition) is 15. The number of likely N-dealkylation sites (N-methyl/N-ethyl adjacent to an activating group) is 1. The van der Waals surface area contributed by atoms with Gasteiger partial charge in [-0.3, -0.25) is 29.1 Å². The molecule has 1 heterocycles. The predicted octanol–water partition coefficient (Wildman–Crippen LogP) is -1.53. The van der Waals surface area contributed by atoms with Gasteiger partial charge in [0.15, 0.2) is 17.6 Å². The van der Waals surface area contributed by atoms with Gasteiger partial charge >= 0.3 is 5.97 Å². The number of nitrogens with zero attached hydrogens (tertiary/aromatic N) is 5. The van der Waals surface area contributed by atoms with E-state index in [0.29, 0.717) is 19.6 Å². The highest BCUT2D eigenvalue weighted by molar-refractivity contribution is 6.25. The molecule has 1 saturated heterocycles. The van der Waals surface area contributed by atoms with Crippen molar-refractivity contribution in [1.82, 2.24) is 20.0 Å². The van der Waals surface area contributed by atoms with Crippen molar-refractivity contribution in [3.63, 3.8) is 0 Å². The van der Waals surface area contributed by atoms with Gasteiger partial charge in [-0.2, -0.15) is 0 Å². The van der Waals surface area contributed by atoms with Crippen molar-refractivity contribution in [3.8, 4) is 5.75 Å². The summed E-state index contributed by atoms with van der Waals surface area (Å²) in [7, 11) is 2.98. The maximum absolute atomic E-state index is 14.1. The number of aromatic hydroxyl groups is 1. The van der Waals surface area contributed by atoms with Gasteiger partial charge in [-0.25, -0.2) is 4.79 Å². The molecule has 1 aromatic carbocycles.